The molecule has 3 saturated carbocycles. The highest BCUT2D eigenvalue weighted by Crippen LogP contribution is 2.69. The Balaban J connectivity index is 2.07. The molecule has 0 amide bonds. The van der Waals surface area contributed by atoms with Crippen molar-refractivity contribution in [1.29, 1.82) is 0 Å². The topological polar surface area (TPSA) is 20.2 Å². The summed E-state index contributed by atoms with van der Waals surface area (Å²) in [6, 6.07) is 0. The van der Waals surface area contributed by atoms with E-state index < -0.39 is 0 Å². The minimum atomic E-state index is -0.0885. The molecule has 0 radical (unpaired) electrons. The third kappa shape index (κ3) is 1.01. The van der Waals surface area contributed by atoms with Crippen molar-refractivity contribution in [2.45, 2.75) is 52.6 Å². The number of aliphatic hydroxyl groups is 1. The van der Waals surface area contributed by atoms with Crippen LogP contribution in [0.2, 0.25) is 0 Å². The summed E-state index contributed by atoms with van der Waals surface area (Å²) in [5.74, 6) is 1.88. The SMILES string of the molecule is C=C1C2C[C@H](O)[C@@H](C)[C@@]23CC[C@H](C3)C1(C)C. The molecular formula is C15H24O. The smallest absolute Gasteiger partial charge is 0.0577 e. The van der Waals surface area contributed by atoms with Crippen LogP contribution < -0.4 is 0 Å². The van der Waals surface area contributed by atoms with E-state index >= 15 is 0 Å². The van der Waals surface area contributed by atoms with Gasteiger partial charge in [-0.15, -0.1) is 0 Å². The highest BCUT2D eigenvalue weighted by atomic mass is 16.3. The van der Waals surface area contributed by atoms with Gasteiger partial charge in [0.1, 0.15) is 0 Å². The summed E-state index contributed by atoms with van der Waals surface area (Å²) in [5, 5.41) is 10.2. The van der Waals surface area contributed by atoms with E-state index in [1.165, 1.54) is 24.8 Å². The van der Waals surface area contributed by atoms with Crippen molar-refractivity contribution in [2.75, 3.05) is 0 Å². The van der Waals surface area contributed by atoms with E-state index in [2.05, 4.69) is 27.4 Å². The van der Waals surface area contributed by atoms with Crippen LogP contribution in [0.5, 0.6) is 0 Å². The van der Waals surface area contributed by atoms with Crippen molar-refractivity contribution in [3.05, 3.63) is 12.2 Å². The maximum absolute atomic E-state index is 10.2. The molecule has 1 N–H and O–H groups in total. The number of allylic oxidation sites excluding steroid dienone is 1. The Morgan fingerprint density at radius 1 is 1.38 bits per heavy atom. The number of aliphatic hydroxyl groups excluding tert-OH is 1. The van der Waals surface area contributed by atoms with E-state index in [1.54, 1.807) is 0 Å². The summed E-state index contributed by atoms with van der Waals surface area (Å²) >= 11 is 0. The number of hydrogen-bond donors (Lipinski definition) is 1. The normalized spacial score (nSPS) is 54.1. The first kappa shape index (κ1) is 10.8. The third-order valence-corrected chi connectivity index (χ3v) is 6.51. The lowest BCUT2D eigenvalue weighted by Gasteiger charge is -2.48. The summed E-state index contributed by atoms with van der Waals surface area (Å²) in [6.45, 7) is 11.4. The van der Waals surface area contributed by atoms with Gasteiger partial charge in [-0.25, -0.2) is 0 Å². The van der Waals surface area contributed by atoms with Crippen LogP contribution in [0.3, 0.4) is 0 Å². The molecule has 1 heteroatoms. The van der Waals surface area contributed by atoms with Crippen molar-refractivity contribution in [3.8, 4) is 0 Å². The van der Waals surface area contributed by atoms with E-state index in [0.717, 1.165) is 12.3 Å². The Morgan fingerprint density at radius 2 is 2.06 bits per heavy atom. The second kappa shape index (κ2) is 2.93. The number of rotatable bonds is 0. The lowest BCUT2D eigenvalue weighted by Crippen LogP contribution is -2.40. The van der Waals surface area contributed by atoms with Crippen LogP contribution in [0.4, 0.5) is 0 Å². The minimum Gasteiger partial charge on any atom is -0.393 e. The fourth-order valence-corrected chi connectivity index (χ4v) is 5.03. The molecule has 5 atom stereocenters. The molecule has 0 saturated heterocycles. The summed E-state index contributed by atoms with van der Waals surface area (Å²) in [7, 11) is 0. The van der Waals surface area contributed by atoms with Gasteiger partial charge in [-0.3, -0.25) is 0 Å². The monoisotopic (exact) mass is 220 g/mol. The van der Waals surface area contributed by atoms with Crippen molar-refractivity contribution < 1.29 is 5.11 Å². The molecule has 1 unspecified atom stereocenters. The molecule has 0 aromatic rings. The predicted octanol–water partition coefficient (Wildman–Crippen LogP) is 3.39. The Labute approximate surface area is 98.9 Å². The van der Waals surface area contributed by atoms with Gasteiger partial charge in [-0.05, 0) is 54.3 Å². The fraction of sp³-hybridized carbons (Fsp3) is 0.867. The van der Waals surface area contributed by atoms with Crippen molar-refractivity contribution >= 4 is 0 Å². The van der Waals surface area contributed by atoms with Gasteiger partial charge in [0.05, 0.1) is 6.10 Å². The zero-order valence-corrected chi connectivity index (χ0v) is 10.8. The quantitative estimate of drug-likeness (QED) is 0.620. The molecule has 90 valence electrons. The standard InChI is InChI=1S/C15H24O/c1-9-12-7-13(16)10(2)15(12)6-5-11(8-15)14(9,3)4/h10-13,16H,1,5-8H2,2-4H3/t10-,11-,12?,13+,15+/m1/s1. The second-order valence-electron chi connectivity index (χ2n) is 7.06. The first-order valence-electron chi connectivity index (χ1n) is 6.77. The first-order chi connectivity index (χ1) is 7.39. The molecule has 0 heterocycles. The van der Waals surface area contributed by atoms with Crippen molar-refractivity contribution in [1.82, 2.24) is 0 Å². The van der Waals surface area contributed by atoms with Gasteiger partial charge in [0, 0.05) is 0 Å². The summed E-state index contributed by atoms with van der Waals surface area (Å²) in [6.07, 6.45) is 4.88. The molecule has 16 heavy (non-hydrogen) atoms. The molecule has 1 nitrogen and oxygen atoms in total. The molecule has 0 aromatic carbocycles. The predicted molar refractivity (Wildman–Crippen MR) is 66.0 cm³/mol. The van der Waals surface area contributed by atoms with Crippen LogP contribution in [0.25, 0.3) is 0 Å². The molecule has 3 rings (SSSR count). The minimum absolute atomic E-state index is 0.0885. The molecule has 3 fully saturated rings. The molecule has 0 aliphatic heterocycles. The Kier molecular flexibility index (Phi) is 1.98. The van der Waals surface area contributed by atoms with Gasteiger partial charge in [0.2, 0.25) is 0 Å². The fourth-order valence-electron chi connectivity index (χ4n) is 5.03. The summed E-state index contributed by atoms with van der Waals surface area (Å²) < 4.78 is 0. The van der Waals surface area contributed by atoms with Crippen molar-refractivity contribution in [2.24, 2.45) is 28.6 Å². The third-order valence-electron chi connectivity index (χ3n) is 6.51. The van der Waals surface area contributed by atoms with E-state index in [4.69, 9.17) is 0 Å². The average molecular weight is 220 g/mol. The van der Waals surface area contributed by atoms with E-state index in [0.29, 0.717) is 22.7 Å². The highest BCUT2D eigenvalue weighted by Gasteiger charge is 2.63. The Morgan fingerprint density at radius 3 is 2.75 bits per heavy atom. The molecule has 0 aromatic heterocycles. The maximum Gasteiger partial charge on any atom is 0.0577 e. The van der Waals surface area contributed by atoms with Crippen LogP contribution in [0.15, 0.2) is 12.2 Å². The van der Waals surface area contributed by atoms with Crippen LogP contribution in [-0.4, -0.2) is 11.2 Å². The molecule has 3 aliphatic rings. The van der Waals surface area contributed by atoms with Crippen LogP contribution in [0.1, 0.15) is 46.5 Å². The van der Waals surface area contributed by atoms with E-state index in [-0.39, 0.29) is 6.10 Å². The van der Waals surface area contributed by atoms with Gasteiger partial charge in [0.25, 0.3) is 0 Å². The Hall–Kier alpha value is -0.300. The molecule has 3 aliphatic carbocycles. The van der Waals surface area contributed by atoms with Gasteiger partial charge in [-0.2, -0.15) is 0 Å². The van der Waals surface area contributed by atoms with E-state index in [1.807, 2.05) is 0 Å². The maximum atomic E-state index is 10.2. The Bertz CT molecular complexity index is 343. The lowest BCUT2D eigenvalue weighted by molar-refractivity contribution is 0.0587. The molecule has 2 bridgehead atoms. The summed E-state index contributed by atoms with van der Waals surface area (Å²) in [5.41, 5.74) is 2.15. The molecular weight excluding hydrogens is 196 g/mol. The van der Waals surface area contributed by atoms with Crippen LogP contribution in [0, 0.1) is 28.6 Å². The zero-order valence-electron chi connectivity index (χ0n) is 10.8. The second-order valence-corrected chi connectivity index (χ2v) is 7.06. The van der Waals surface area contributed by atoms with Gasteiger partial charge < -0.3 is 5.11 Å². The number of hydrogen-bond acceptors (Lipinski definition) is 1. The van der Waals surface area contributed by atoms with Crippen LogP contribution >= 0.6 is 0 Å². The number of fused-ring (bicyclic) bond motifs is 1. The average Bonchev–Trinajstić information content (AvgIpc) is 2.75. The molecule has 1 spiro atoms. The lowest BCUT2D eigenvalue weighted by atomic mass is 9.56. The highest BCUT2D eigenvalue weighted by molar-refractivity contribution is 5.27. The van der Waals surface area contributed by atoms with Crippen molar-refractivity contribution in [3.63, 3.8) is 0 Å². The van der Waals surface area contributed by atoms with Crippen LogP contribution in [-0.2, 0) is 0 Å². The zero-order chi connectivity index (χ0) is 11.7. The van der Waals surface area contributed by atoms with Gasteiger partial charge in [-0.1, -0.05) is 32.9 Å². The van der Waals surface area contributed by atoms with E-state index in [9.17, 15) is 5.11 Å². The first-order valence-corrected chi connectivity index (χ1v) is 6.77. The van der Waals surface area contributed by atoms with Gasteiger partial charge >= 0.3 is 0 Å². The largest absolute Gasteiger partial charge is 0.393 e. The summed E-state index contributed by atoms with van der Waals surface area (Å²) in [4.78, 5) is 0. The van der Waals surface area contributed by atoms with Gasteiger partial charge in [0.15, 0.2) is 0 Å².